The van der Waals surface area contributed by atoms with Crippen LogP contribution in [0.5, 0.6) is 0 Å². The molecular formula is C7H4BrF2NO2. The lowest BCUT2D eigenvalue weighted by Crippen LogP contribution is -1.95. The fraction of sp³-hybridized carbons (Fsp3) is 0.143. The van der Waals surface area contributed by atoms with Crippen LogP contribution in [0, 0.1) is 15.9 Å². The minimum Gasteiger partial charge on any atom is -0.258 e. The molecule has 0 amide bonds. The molecular weight excluding hydrogens is 248 g/mol. The average molecular weight is 252 g/mol. The lowest BCUT2D eigenvalue weighted by Gasteiger charge is -1.99. The van der Waals surface area contributed by atoms with Gasteiger partial charge in [-0.3, -0.25) is 10.1 Å². The van der Waals surface area contributed by atoms with Crippen LogP contribution in [0.2, 0.25) is 0 Å². The number of benzene rings is 1. The predicted molar refractivity (Wildman–Crippen MR) is 45.6 cm³/mol. The summed E-state index contributed by atoms with van der Waals surface area (Å²) in [4.78, 5) is 9.59. The normalized spacial score (nSPS) is 10.1. The Kier molecular flexibility index (Phi) is 2.92. The summed E-state index contributed by atoms with van der Waals surface area (Å²) >= 11 is 2.78. The fourth-order valence-corrected chi connectivity index (χ4v) is 1.19. The number of halogens is 3. The van der Waals surface area contributed by atoms with Crippen molar-refractivity contribution in [2.24, 2.45) is 0 Å². The van der Waals surface area contributed by atoms with Gasteiger partial charge in [-0.15, -0.1) is 0 Å². The van der Waals surface area contributed by atoms with Gasteiger partial charge in [0.2, 0.25) is 0 Å². The molecule has 0 spiro atoms. The first-order valence-corrected chi connectivity index (χ1v) is 4.04. The average Bonchev–Trinajstić information content (AvgIpc) is 2.08. The smallest absolute Gasteiger partial charge is 0.258 e. The van der Waals surface area contributed by atoms with Crippen LogP contribution in [0.25, 0.3) is 0 Å². The molecule has 0 heterocycles. The molecule has 0 fully saturated rings. The van der Waals surface area contributed by atoms with Gasteiger partial charge in [-0.2, -0.15) is 0 Å². The molecule has 0 bridgehead atoms. The van der Waals surface area contributed by atoms with E-state index < -0.39 is 23.1 Å². The van der Waals surface area contributed by atoms with Crippen LogP contribution in [0.1, 0.15) is 5.56 Å². The second kappa shape index (κ2) is 3.78. The summed E-state index contributed by atoms with van der Waals surface area (Å²) in [6, 6.07) is 1.76. The van der Waals surface area contributed by atoms with Crippen molar-refractivity contribution in [3.8, 4) is 0 Å². The van der Waals surface area contributed by atoms with E-state index in [0.717, 1.165) is 12.1 Å². The van der Waals surface area contributed by atoms with Crippen molar-refractivity contribution in [1.82, 2.24) is 0 Å². The lowest BCUT2D eigenvalue weighted by atomic mass is 10.2. The molecule has 70 valence electrons. The first kappa shape index (κ1) is 10.0. The van der Waals surface area contributed by atoms with Crippen molar-refractivity contribution in [2.75, 3.05) is 0 Å². The minimum absolute atomic E-state index is 0.0450. The Bertz CT molecular complexity index is 357. The van der Waals surface area contributed by atoms with Crippen LogP contribution in [0.4, 0.5) is 14.5 Å². The Morgan fingerprint density at radius 3 is 2.62 bits per heavy atom. The number of hydrogen-bond acceptors (Lipinski definition) is 2. The Labute approximate surface area is 80.6 Å². The molecule has 0 N–H and O–H groups in total. The van der Waals surface area contributed by atoms with E-state index in [9.17, 15) is 18.9 Å². The third-order valence-corrected chi connectivity index (χ3v) is 2.07. The van der Waals surface area contributed by atoms with Crippen molar-refractivity contribution in [3.05, 3.63) is 38.1 Å². The number of nitro groups is 1. The predicted octanol–water partition coefficient (Wildman–Crippen LogP) is 2.97. The van der Waals surface area contributed by atoms with E-state index in [2.05, 4.69) is 15.9 Å². The molecule has 1 rings (SSSR count). The van der Waals surface area contributed by atoms with Crippen LogP contribution in [0.3, 0.4) is 0 Å². The SMILES string of the molecule is O=[N+]([O-])c1cc(Br)c(F)cc1CF. The van der Waals surface area contributed by atoms with Gasteiger partial charge in [0.25, 0.3) is 5.69 Å². The fourth-order valence-electron chi connectivity index (χ4n) is 0.855. The van der Waals surface area contributed by atoms with E-state index in [1.807, 2.05) is 0 Å². The lowest BCUT2D eigenvalue weighted by molar-refractivity contribution is -0.385. The number of nitro benzene ring substituents is 1. The molecule has 0 saturated carbocycles. The Hall–Kier alpha value is -1.04. The number of hydrogen-bond donors (Lipinski definition) is 0. The zero-order valence-electron chi connectivity index (χ0n) is 6.26. The van der Waals surface area contributed by atoms with Crippen LogP contribution >= 0.6 is 15.9 Å². The molecule has 0 saturated heterocycles. The van der Waals surface area contributed by atoms with Crippen molar-refractivity contribution in [2.45, 2.75) is 6.67 Å². The highest BCUT2D eigenvalue weighted by molar-refractivity contribution is 9.10. The molecule has 0 radical (unpaired) electrons. The first-order valence-electron chi connectivity index (χ1n) is 3.24. The maximum atomic E-state index is 12.8. The Balaban J connectivity index is 3.33. The van der Waals surface area contributed by atoms with Crippen LogP contribution < -0.4 is 0 Å². The molecule has 0 unspecified atom stereocenters. The van der Waals surface area contributed by atoms with Crippen molar-refractivity contribution in [3.63, 3.8) is 0 Å². The van der Waals surface area contributed by atoms with Gasteiger partial charge in [-0.1, -0.05) is 0 Å². The molecule has 0 aliphatic heterocycles. The minimum atomic E-state index is -1.06. The molecule has 0 aliphatic rings. The molecule has 1 aromatic rings. The van der Waals surface area contributed by atoms with E-state index in [1.165, 1.54) is 0 Å². The standard InChI is InChI=1S/C7H4BrF2NO2/c8-5-2-7(11(12)13)4(3-9)1-6(5)10/h1-2H,3H2. The second-order valence-electron chi connectivity index (χ2n) is 2.29. The highest BCUT2D eigenvalue weighted by Gasteiger charge is 2.16. The molecule has 0 atom stereocenters. The van der Waals surface area contributed by atoms with Gasteiger partial charge in [-0.25, -0.2) is 8.78 Å². The van der Waals surface area contributed by atoms with Crippen molar-refractivity contribution >= 4 is 21.6 Å². The van der Waals surface area contributed by atoms with Crippen LogP contribution in [-0.2, 0) is 6.67 Å². The van der Waals surface area contributed by atoms with E-state index in [4.69, 9.17) is 0 Å². The maximum Gasteiger partial charge on any atom is 0.276 e. The largest absolute Gasteiger partial charge is 0.276 e. The molecule has 3 nitrogen and oxygen atoms in total. The van der Waals surface area contributed by atoms with Gasteiger partial charge >= 0.3 is 0 Å². The molecule has 6 heteroatoms. The van der Waals surface area contributed by atoms with Gasteiger partial charge in [-0.05, 0) is 22.0 Å². The summed E-state index contributed by atoms with van der Waals surface area (Å²) < 4.78 is 24.9. The molecule has 0 aliphatic carbocycles. The summed E-state index contributed by atoms with van der Waals surface area (Å²) in [7, 11) is 0. The summed E-state index contributed by atoms with van der Waals surface area (Å²) in [6.07, 6.45) is 0. The summed E-state index contributed by atoms with van der Waals surface area (Å²) in [6.45, 7) is -1.06. The monoisotopic (exact) mass is 251 g/mol. The maximum absolute atomic E-state index is 12.8. The Morgan fingerprint density at radius 2 is 2.15 bits per heavy atom. The third-order valence-electron chi connectivity index (χ3n) is 1.46. The molecule has 0 aromatic heterocycles. The summed E-state index contributed by atoms with van der Waals surface area (Å²) in [5.74, 6) is -0.710. The second-order valence-corrected chi connectivity index (χ2v) is 3.14. The van der Waals surface area contributed by atoms with Gasteiger partial charge in [0.1, 0.15) is 12.5 Å². The van der Waals surface area contributed by atoms with Crippen LogP contribution in [0.15, 0.2) is 16.6 Å². The van der Waals surface area contributed by atoms with Gasteiger partial charge in [0.05, 0.1) is 15.0 Å². The highest BCUT2D eigenvalue weighted by atomic mass is 79.9. The zero-order valence-corrected chi connectivity index (χ0v) is 7.85. The molecule has 13 heavy (non-hydrogen) atoms. The quantitative estimate of drug-likeness (QED) is 0.599. The van der Waals surface area contributed by atoms with Crippen molar-refractivity contribution < 1.29 is 13.7 Å². The number of rotatable bonds is 2. The highest BCUT2D eigenvalue weighted by Crippen LogP contribution is 2.26. The summed E-state index contributed by atoms with van der Waals surface area (Å²) in [5.41, 5.74) is -0.679. The van der Waals surface area contributed by atoms with Gasteiger partial charge in [0, 0.05) is 6.07 Å². The Morgan fingerprint density at radius 1 is 1.54 bits per heavy atom. The van der Waals surface area contributed by atoms with E-state index in [1.54, 1.807) is 0 Å². The van der Waals surface area contributed by atoms with Gasteiger partial charge < -0.3 is 0 Å². The van der Waals surface area contributed by atoms with Gasteiger partial charge in [0.15, 0.2) is 0 Å². The van der Waals surface area contributed by atoms with E-state index in [0.29, 0.717) is 0 Å². The molecule has 1 aromatic carbocycles. The topological polar surface area (TPSA) is 43.1 Å². The third kappa shape index (κ3) is 2.00. The van der Waals surface area contributed by atoms with E-state index >= 15 is 0 Å². The number of nitrogens with zero attached hydrogens (tertiary/aromatic N) is 1. The van der Waals surface area contributed by atoms with Crippen molar-refractivity contribution in [1.29, 1.82) is 0 Å². The zero-order chi connectivity index (χ0) is 10.0. The number of alkyl halides is 1. The first-order chi connectivity index (χ1) is 6.06. The van der Waals surface area contributed by atoms with Crippen LogP contribution in [-0.4, -0.2) is 4.92 Å². The summed E-state index contributed by atoms with van der Waals surface area (Å²) in [5, 5.41) is 10.3. The van der Waals surface area contributed by atoms with E-state index in [-0.39, 0.29) is 10.0 Å².